The maximum absolute atomic E-state index is 9.02. The van der Waals surface area contributed by atoms with Gasteiger partial charge in [-0.25, -0.2) is 0 Å². The molecule has 1 atom stereocenters. The molecule has 0 heterocycles. The minimum atomic E-state index is -0.396. The van der Waals surface area contributed by atoms with Gasteiger partial charge in [-0.1, -0.05) is 5.57 Å². The summed E-state index contributed by atoms with van der Waals surface area (Å²) in [5.41, 5.74) is 0.970. The summed E-state index contributed by atoms with van der Waals surface area (Å²) in [7, 11) is 0. The lowest BCUT2D eigenvalue weighted by molar-refractivity contribution is 0.181. The molecule has 9 heavy (non-hydrogen) atoms. The molecule has 0 aromatic rings. The van der Waals surface area contributed by atoms with Gasteiger partial charge in [0.2, 0.25) is 0 Å². The van der Waals surface area contributed by atoms with Crippen molar-refractivity contribution in [1.82, 2.24) is 0 Å². The van der Waals surface area contributed by atoms with E-state index in [9.17, 15) is 0 Å². The largest absolute Gasteiger partial charge is 0.392 e. The second-order valence-corrected chi connectivity index (χ2v) is 2.22. The van der Waals surface area contributed by atoms with Gasteiger partial charge in [0, 0.05) is 6.42 Å². The highest BCUT2D eigenvalue weighted by Crippen LogP contribution is 2.03. The van der Waals surface area contributed by atoms with Crippen LogP contribution in [0.15, 0.2) is 12.2 Å². The van der Waals surface area contributed by atoms with Gasteiger partial charge in [0.25, 0.3) is 0 Å². The number of aliphatic hydroxyl groups excluding tert-OH is 1. The average molecular weight is 124 g/mol. The first-order valence-electron chi connectivity index (χ1n) is 2.92. The first-order valence-corrected chi connectivity index (χ1v) is 2.92. The monoisotopic (exact) mass is 124 g/mol. The fourth-order valence-electron chi connectivity index (χ4n) is 0.610. The highest BCUT2D eigenvalue weighted by Gasteiger charge is 1.99. The van der Waals surface area contributed by atoms with E-state index in [0.717, 1.165) is 5.57 Å². The predicted molar refractivity (Wildman–Crippen MR) is 38.9 cm³/mol. The van der Waals surface area contributed by atoms with E-state index < -0.39 is 6.10 Å². The van der Waals surface area contributed by atoms with E-state index in [0.29, 0.717) is 12.8 Å². The Labute approximate surface area is 56.4 Å². The van der Waals surface area contributed by atoms with Crippen molar-refractivity contribution in [3.8, 4) is 12.3 Å². The Morgan fingerprint density at radius 2 is 2.44 bits per heavy atom. The van der Waals surface area contributed by atoms with Crippen LogP contribution >= 0.6 is 0 Å². The van der Waals surface area contributed by atoms with Crippen LogP contribution in [0.5, 0.6) is 0 Å². The van der Waals surface area contributed by atoms with Gasteiger partial charge >= 0.3 is 0 Å². The minimum Gasteiger partial charge on any atom is -0.392 e. The molecule has 0 aliphatic carbocycles. The number of hydrogen-bond donors (Lipinski definition) is 1. The molecular formula is C8H12O. The zero-order valence-corrected chi connectivity index (χ0v) is 5.72. The fourth-order valence-corrected chi connectivity index (χ4v) is 0.610. The number of terminal acetylenes is 1. The molecule has 0 aromatic heterocycles. The van der Waals surface area contributed by atoms with E-state index in [1.807, 2.05) is 6.92 Å². The van der Waals surface area contributed by atoms with E-state index in [1.54, 1.807) is 0 Å². The Hall–Kier alpha value is -0.740. The van der Waals surface area contributed by atoms with Crippen molar-refractivity contribution in [3.63, 3.8) is 0 Å². The summed E-state index contributed by atoms with van der Waals surface area (Å²) >= 11 is 0. The molecule has 50 valence electrons. The van der Waals surface area contributed by atoms with Gasteiger partial charge in [-0.2, -0.15) is 0 Å². The summed E-state index contributed by atoms with van der Waals surface area (Å²) < 4.78 is 0. The van der Waals surface area contributed by atoms with Crippen LogP contribution in [0.2, 0.25) is 0 Å². The summed E-state index contributed by atoms with van der Waals surface area (Å²) in [5.74, 6) is 2.38. The van der Waals surface area contributed by atoms with Crippen molar-refractivity contribution in [1.29, 1.82) is 0 Å². The van der Waals surface area contributed by atoms with E-state index in [1.165, 1.54) is 0 Å². The Morgan fingerprint density at radius 1 is 1.89 bits per heavy atom. The molecule has 0 radical (unpaired) electrons. The third kappa shape index (κ3) is 5.13. The second-order valence-electron chi connectivity index (χ2n) is 2.22. The van der Waals surface area contributed by atoms with Crippen molar-refractivity contribution < 1.29 is 5.11 Å². The highest BCUT2D eigenvalue weighted by atomic mass is 16.3. The Morgan fingerprint density at radius 3 is 2.78 bits per heavy atom. The molecule has 1 heteroatoms. The topological polar surface area (TPSA) is 20.2 Å². The van der Waals surface area contributed by atoms with Gasteiger partial charge in [0.15, 0.2) is 0 Å². The molecule has 0 rings (SSSR count). The third-order valence-electron chi connectivity index (χ3n) is 0.938. The second kappa shape index (κ2) is 4.17. The standard InChI is InChI=1S/C8H12O/c1-4-5-8(9)6-7(2)3/h1,8-9H,2,5-6H2,3H3. The Kier molecular flexibility index (Phi) is 3.83. The number of aliphatic hydroxyl groups is 1. The van der Waals surface area contributed by atoms with E-state index >= 15 is 0 Å². The summed E-state index contributed by atoms with van der Waals surface area (Å²) in [4.78, 5) is 0. The summed E-state index contributed by atoms with van der Waals surface area (Å²) in [6.07, 6.45) is 5.61. The van der Waals surface area contributed by atoms with Gasteiger partial charge in [-0.05, 0) is 13.3 Å². The smallest absolute Gasteiger partial charge is 0.0686 e. The Bertz CT molecular complexity index is 130. The molecule has 0 saturated heterocycles. The fraction of sp³-hybridized carbons (Fsp3) is 0.500. The predicted octanol–water partition coefficient (Wildman–Crippen LogP) is 1.34. The van der Waals surface area contributed by atoms with Crippen LogP contribution < -0.4 is 0 Å². The Balaban J connectivity index is 3.40. The quantitative estimate of drug-likeness (QED) is 0.444. The molecular weight excluding hydrogens is 112 g/mol. The summed E-state index contributed by atoms with van der Waals surface area (Å²) in [6, 6.07) is 0. The molecule has 0 saturated carbocycles. The van der Waals surface area contributed by atoms with Crippen molar-refractivity contribution in [2.75, 3.05) is 0 Å². The van der Waals surface area contributed by atoms with E-state index in [4.69, 9.17) is 11.5 Å². The maximum atomic E-state index is 9.02. The zero-order valence-electron chi connectivity index (χ0n) is 5.72. The van der Waals surface area contributed by atoms with Crippen LogP contribution in [0.3, 0.4) is 0 Å². The number of rotatable bonds is 3. The van der Waals surface area contributed by atoms with Gasteiger partial charge in [0.1, 0.15) is 0 Å². The normalized spacial score (nSPS) is 12.1. The minimum absolute atomic E-state index is 0.396. The summed E-state index contributed by atoms with van der Waals surface area (Å²) in [5, 5.41) is 9.02. The first kappa shape index (κ1) is 8.26. The van der Waals surface area contributed by atoms with E-state index in [2.05, 4.69) is 12.5 Å². The van der Waals surface area contributed by atoms with Gasteiger partial charge in [0.05, 0.1) is 6.10 Å². The van der Waals surface area contributed by atoms with Crippen molar-refractivity contribution in [3.05, 3.63) is 12.2 Å². The molecule has 0 fully saturated rings. The van der Waals surface area contributed by atoms with Crippen LogP contribution in [-0.4, -0.2) is 11.2 Å². The molecule has 1 N–H and O–H groups in total. The van der Waals surface area contributed by atoms with Crippen LogP contribution in [0.1, 0.15) is 19.8 Å². The lowest BCUT2D eigenvalue weighted by atomic mass is 10.1. The average Bonchev–Trinajstić information content (AvgIpc) is 1.63. The molecule has 0 spiro atoms. The van der Waals surface area contributed by atoms with Crippen LogP contribution in [0, 0.1) is 12.3 Å². The molecule has 0 bridgehead atoms. The molecule has 0 amide bonds. The molecule has 1 unspecified atom stereocenters. The van der Waals surface area contributed by atoms with Crippen molar-refractivity contribution >= 4 is 0 Å². The third-order valence-corrected chi connectivity index (χ3v) is 0.938. The first-order chi connectivity index (χ1) is 4.16. The SMILES string of the molecule is C#CCC(O)CC(=C)C. The van der Waals surface area contributed by atoms with Crippen molar-refractivity contribution in [2.45, 2.75) is 25.9 Å². The van der Waals surface area contributed by atoms with E-state index in [-0.39, 0.29) is 0 Å². The molecule has 0 aliphatic rings. The van der Waals surface area contributed by atoms with Gasteiger partial charge in [-0.3, -0.25) is 0 Å². The van der Waals surface area contributed by atoms with Gasteiger partial charge < -0.3 is 5.11 Å². The van der Waals surface area contributed by atoms with Crippen LogP contribution in [0.25, 0.3) is 0 Å². The maximum Gasteiger partial charge on any atom is 0.0686 e. The number of hydrogen-bond acceptors (Lipinski definition) is 1. The highest BCUT2D eigenvalue weighted by molar-refractivity contribution is 4.95. The molecule has 1 nitrogen and oxygen atoms in total. The van der Waals surface area contributed by atoms with Gasteiger partial charge in [-0.15, -0.1) is 18.9 Å². The molecule has 0 aliphatic heterocycles. The van der Waals surface area contributed by atoms with Crippen LogP contribution in [0.4, 0.5) is 0 Å². The lowest BCUT2D eigenvalue weighted by Gasteiger charge is -2.04. The lowest BCUT2D eigenvalue weighted by Crippen LogP contribution is -2.04. The van der Waals surface area contributed by atoms with Crippen molar-refractivity contribution in [2.24, 2.45) is 0 Å². The molecule has 0 aromatic carbocycles. The zero-order chi connectivity index (χ0) is 7.28. The summed E-state index contributed by atoms with van der Waals surface area (Å²) in [6.45, 7) is 5.52. The van der Waals surface area contributed by atoms with Crippen LogP contribution in [-0.2, 0) is 0 Å².